The minimum atomic E-state index is -4.60. The van der Waals surface area contributed by atoms with Gasteiger partial charge in [-0.3, -0.25) is 0 Å². The second-order valence-corrected chi connectivity index (χ2v) is 7.79. The molecule has 1 aliphatic rings. The fourth-order valence-electron chi connectivity index (χ4n) is 3.75. The van der Waals surface area contributed by atoms with Crippen molar-refractivity contribution in [3.8, 4) is 5.75 Å². The summed E-state index contributed by atoms with van der Waals surface area (Å²) in [5, 5.41) is 3.92. The van der Waals surface area contributed by atoms with Crippen LogP contribution in [0.15, 0.2) is 30.7 Å². The molecule has 2 atom stereocenters. The molecule has 0 aromatic carbocycles. The topological polar surface area (TPSA) is 69.0 Å². The summed E-state index contributed by atoms with van der Waals surface area (Å²) in [4.78, 5) is 14.1. The molecule has 1 aliphatic heterocycles. The summed E-state index contributed by atoms with van der Waals surface area (Å²) in [6.45, 7) is 2.65. The van der Waals surface area contributed by atoms with Crippen molar-refractivity contribution in [1.82, 2.24) is 24.7 Å². The van der Waals surface area contributed by atoms with Crippen molar-refractivity contribution in [3.63, 3.8) is 0 Å². The molecule has 0 amide bonds. The lowest BCUT2D eigenvalue weighted by atomic mass is 9.87. The van der Waals surface area contributed by atoms with E-state index in [4.69, 9.17) is 4.74 Å². The Bertz CT molecular complexity index is 1070. The van der Waals surface area contributed by atoms with Crippen LogP contribution in [0.1, 0.15) is 19.0 Å². The van der Waals surface area contributed by atoms with Gasteiger partial charge in [-0.25, -0.2) is 28.4 Å². The van der Waals surface area contributed by atoms with Gasteiger partial charge in [0.05, 0.1) is 19.0 Å². The zero-order chi connectivity index (χ0) is 22.9. The first-order valence-corrected chi connectivity index (χ1v) is 10.1. The van der Waals surface area contributed by atoms with Gasteiger partial charge in [0.2, 0.25) is 0 Å². The highest BCUT2D eigenvalue weighted by Crippen LogP contribution is 2.35. The average molecular weight is 456 g/mol. The lowest BCUT2D eigenvalue weighted by Gasteiger charge is -2.37. The molecule has 1 fully saturated rings. The number of nitrogens with zero attached hydrogens (tertiary/aromatic N) is 6. The summed E-state index contributed by atoms with van der Waals surface area (Å²) < 4.78 is 71.7. The Balaban J connectivity index is 1.49. The Morgan fingerprint density at radius 3 is 2.78 bits per heavy atom. The quantitative estimate of drug-likeness (QED) is 0.522. The minimum absolute atomic E-state index is 0.0748. The summed E-state index contributed by atoms with van der Waals surface area (Å²) in [5.74, 6) is 0.330. The van der Waals surface area contributed by atoms with Crippen LogP contribution in [0.5, 0.6) is 5.75 Å². The van der Waals surface area contributed by atoms with Gasteiger partial charge in [0, 0.05) is 25.2 Å². The predicted molar refractivity (Wildman–Crippen MR) is 106 cm³/mol. The van der Waals surface area contributed by atoms with Crippen LogP contribution in [0.2, 0.25) is 0 Å². The molecule has 32 heavy (non-hydrogen) atoms. The fraction of sp³-hybridized carbons (Fsp3) is 0.500. The first-order chi connectivity index (χ1) is 15.2. The van der Waals surface area contributed by atoms with E-state index in [0.717, 1.165) is 17.3 Å². The van der Waals surface area contributed by atoms with E-state index in [1.54, 1.807) is 6.20 Å². The van der Waals surface area contributed by atoms with Crippen LogP contribution < -0.4 is 9.64 Å². The Hall–Kier alpha value is -3.05. The third kappa shape index (κ3) is 4.73. The van der Waals surface area contributed by atoms with Crippen LogP contribution in [0.4, 0.5) is 27.8 Å². The molecular weight excluding hydrogens is 435 g/mol. The monoisotopic (exact) mass is 456 g/mol. The zero-order valence-electron chi connectivity index (χ0n) is 17.1. The molecule has 0 aliphatic carbocycles. The Morgan fingerprint density at radius 2 is 2.03 bits per heavy atom. The number of ether oxygens (including phenoxy) is 1. The standard InChI is InChI=1S/C20H21F5N6O/c1-12-4-6-30(17-8-27-14-7-28-31(10-16(21)22)19(14)29-17)9-13(12)11-32-15-3-2-5-26-18(15)20(23,24)25/h2-3,5,7-8,12-13,16H,4,6,9-11H2,1H3/t12-,13+/m0/s1. The SMILES string of the molecule is C[C@H]1CCN(c2cnc3cnn(CC(F)F)c3n2)C[C@@H]1COc1cccnc1C(F)(F)F. The molecule has 3 aromatic heterocycles. The Morgan fingerprint density at radius 1 is 1.22 bits per heavy atom. The fourth-order valence-corrected chi connectivity index (χ4v) is 3.75. The lowest BCUT2D eigenvalue weighted by Crippen LogP contribution is -2.42. The largest absolute Gasteiger partial charge is 0.491 e. The first-order valence-electron chi connectivity index (χ1n) is 10.1. The van der Waals surface area contributed by atoms with E-state index in [0.29, 0.717) is 24.4 Å². The number of anilines is 1. The van der Waals surface area contributed by atoms with E-state index in [9.17, 15) is 22.0 Å². The molecule has 4 rings (SSSR count). The summed E-state index contributed by atoms with van der Waals surface area (Å²) in [5.41, 5.74) is -0.376. The Labute approximate surface area is 180 Å². The number of hydrogen-bond acceptors (Lipinski definition) is 6. The smallest absolute Gasteiger partial charge is 0.437 e. The maximum absolute atomic E-state index is 13.2. The summed E-state index contributed by atoms with van der Waals surface area (Å²) in [7, 11) is 0. The van der Waals surface area contributed by atoms with Crippen LogP contribution in [0, 0.1) is 11.8 Å². The maximum Gasteiger partial charge on any atom is 0.437 e. The number of pyridine rings is 1. The average Bonchev–Trinajstić information content (AvgIpc) is 3.14. The van der Waals surface area contributed by atoms with Gasteiger partial charge in [-0.1, -0.05) is 6.92 Å². The molecule has 0 bridgehead atoms. The second kappa shape index (κ2) is 8.83. The molecule has 0 radical (unpaired) electrons. The Kier molecular flexibility index (Phi) is 6.11. The highest BCUT2D eigenvalue weighted by Gasteiger charge is 2.37. The molecule has 0 saturated carbocycles. The molecule has 3 aromatic rings. The van der Waals surface area contributed by atoms with E-state index in [1.807, 2.05) is 11.8 Å². The highest BCUT2D eigenvalue weighted by atomic mass is 19.4. The zero-order valence-corrected chi connectivity index (χ0v) is 17.1. The first kappa shape index (κ1) is 22.2. The van der Waals surface area contributed by atoms with E-state index in [2.05, 4.69) is 20.1 Å². The van der Waals surface area contributed by atoms with E-state index in [1.165, 1.54) is 18.3 Å². The van der Waals surface area contributed by atoms with Crippen molar-refractivity contribution in [2.75, 3.05) is 24.6 Å². The molecule has 1 saturated heterocycles. The number of rotatable bonds is 6. The molecule has 0 unspecified atom stereocenters. The molecule has 172 valence electrons. The highest BCUT2D eigenvalue weighted by molar-refractivity contribution is 5.71. The van der Waals surface area contributed by atoms with Crippen molar-refractivity contribution in [1.29, 1.82) is 0 Å². The van der Waals surface area contributed by atoms with Gasteiger partial charge >= 0.3 is 6.18 Å². The van der Waals surface area contributed by atoms with Gasteiger partial charge in [-0.2, -0.15) is 18.3 Å². The second-order valence-electron chi connectivity index (χ2n) is 7.79. The predicted octanol–water partition coefficient (Wildman–Crippen LogP) is 4.05. The summed E-state index contributed by atoms with van der Waals surface area (Å²) >= 11 is 0. The number of piperidine rings is 1. The van der Waals surface area contributed by atoms with Gasteiger partial charge < -0.3 is 9.64 Å². The van der Waals surface area contributed by atoms with Gasteiger partial charge in [0.15, 0.2) is 11.3 Å². The molecular formula is C20H21F5N6O. The van der Waals surface area contributed by atoms with Crippen LogP contribution in [0.3, 0.4) is 0 Å². The van der Waals surface area contributed by atoms with Crippen molar-refractivity contribution in [2.24, 2.45) is 11.8 Å². The van der Waals surface area contributed by atoms with E-state index < -0.39 is 24.8 Å². The normalized spacial score (nSPS) is 19.7. The van der Waals surface area contributed by atoms with E-state index in [-0.39, 0.29) is 29.8 Å². The molecule has 0 N–H and O–H groups in total. The molecule has 0 spiro atoms. The van der Waals surface area contributed by atoms with Crippen molar-refractivity contribution >= 4 is 17.0 Å². The van der Waals surface area contributed by atoms with Crippen molar-refractivity contribution < 1.29 is 26.7 Å². The number of hydrogen-bond donors (Lipinski definition) is 0. The van der Waals surface area contributed by atoms with Crippen LogP contribution >= 0.6 is 0 Å². The van der Waals surface area contributed by atoms with Gasteiger partial charge in [-0.05, 0) is 24.5 Å². The third-order valence-corrected chi connectivity index (χ3v) is 5.57. The third-order valence-electron chi connectivity index (χ3n) is 5.57. The molecule has 4 heterocycles. The van der Waals surface area contributed by atoms with Crippen LogP contribution in [0.25, 0.3) is 11.2 Å². The maximum atomic E-state index is 13.2. The lowest BCUT2D eigenvalue weighted by molar-refractivity contribution is -0.142. The van der Waals surface area contributed by atoms with E-state index >= 15 is 0 Å². The number of aromatic nitrogens is 5. The van der Waals surface area contributed by atoms with Crippen molar-refractivity contribution in [2.45, 2.75) is 32.5 Å². The van der Waals surface area contributed by atoms with Crippen molar-refractivity contribution in [3.05, 3.63) is 36.4 Å². The molecule has 12 heteroatoms. The van der Waals surface area contributed by atoms with Gasteiger partial charge in [-0.15, -0.1) is 0 Å². The minimum Gasteiger partial charge on any atom is -0.491 e. The summed E-state index contributed by atoms with van der Waals surface area (Å²) in [6, 6.07) is 2.65. The van der Waals surface area contributed by atoms with Gasteiger partial charge in [0.1, 0.15) is 23.6 Å². The van der Waals surface area contributed by atoms with Crippen LogP contribution in [-0.4, -0.2) is 50.9 Å². The number of fused-ring (bicyclic) bond motifs is 1. The van der Waals surface area contributed by atoms with Gasteiger partial charge in [0.25, 0.3) is 6.43 Å². The summed E-state index contributed by atoms with van der Waals surface area (Å²) in [6.07, 6.45) is -2.40. The molecule has 7 nitrogen and oxygen atoms in total. The van der Waals surface area contributed by atoms with Crippen LogP contribution in [-0.2, 0) is 12.7 Å². The number of alkyl halides is 5. The number of halogens is 5.